The molecular weight excluding hydrogens is 216 g/mol. The number of carboxylic acids is 1. The summed E-state index contributed by atoms with van der Waals surface area (Å²) in [5.41, 5.74) is -0.320. The maximum atomic E-state index is 11.0. The summed E-state index contributed by atoms with van der Waals surface area (Å²) >= 11 is 0. The minimum Gasteiger partial charge on any atom is -0.481 e. The predicted octanol–water partition coefficient (Wildman–Crippen LogP) is 3.91. The van der Waals surface area contributed by atoms with Crippen molar-refractivity contribution < 1.29 is 14.7 Å². The van der Waals surface area contributed by atoms with Crippen LogP contribution in [0.1, 0.15) is 66.7 Å². The maximum Gasteiger partial charge on any atom is 0.306 e. The van der Waals surface area contributed by atoms with E-state index in [1.165, 1.54) is 0 Å². The molecule has 0 spiro atoms. The minimum absolute atomic E-state index is 0. The van der Waals surface area contributed by atoms with Gasteiger partial charge in [0, 0.05) is 5.41 Å². The third kappa shape index (κ3) is 5.33. The molecule has 17 heavy (non-hydrogen) atoms. The highest BCUT2D eigenvalue weighted by Gasteiger charge is 2.37. The zero-order chi connectivity index (χ0) is 12.6. The maximum absolute atomic E-state index is 11.0. The number of hydrogen-bond donors (Lipinski definition) is 1. The quantitative estimate of drug-likeness (QED) is 0.746. The Hall–Kier alpha value is -0.860. The van der Waals surface area contributed by atoms with Gasteiger partial charge in [-0.2, -0.15) is 0 Å². The van der Waals surface area contributed by atoms with Crippen molar-refractivity contribution in [3.05, 3.63) is 0 Å². The van der Waals surface area contributed by atoms with E-state index in [0.717, 1.165) is 32.0 Å². The van der Waals surface area contributed by atoms with Gasteiger partial charge in [0.15, 0.2) is 0 Å². The van der Waals surface area contributed by atoms with Crippen molar-refractivity contribution in [1.29, 1.82) is 0 Å². The molecule has 1 unspecified atom stereocenters. The highest BCUT2D eigenvalue weighted by molar-refractivity contribution is 5.71. The fourth-order valence-electron chi connectivity index (χ4n) is 2.35. The smallest absolute Gasteiger partial charge is 0.306 e. The average Bonchev–Trinajstić information content (AvgIpc) is 2.77. The molecule has 1 N–H and O–H groups in total. The summed E-state index contributed by atoms with van der Waals surface area (Å²) in [5, 5.41) is 8.93. The van der Waals surface area contributed by atoms with E-state index >= 15 is 0 Å². The third-order valence-electron chi connectivity index (χ3n) is 3.34. The Morgan fingerprint density at radius 1 is 1.35 bits per heavy atom. The number of carbonyl (C=O) groups excluding carboxylic acids is 1. The Bertz CT molecular complexity index is 218. The summed E-state index contributed by atoms with van der Waals surface area (Å²) in [5.74, 6) is -1.11. The van der Waals surface area contributed by atoms with Crippen molar-refractivity contribution in [1.82, 2.24) is 0 Å². The molecule has 1 atom stereocenters. The normalized spacial score (nSPS) is 18.3. The molecular formula is C14H28O3. The van der Waals surface area contributed by atoms with Gasteiger partial charge >= 0.3 is 5.97 Å². The molecule has 102 valence electrons. The second-order valence-electron chi connectivity index (χ2n) is 4.33. The largest absolute Gasteiger partial charge is 0.481 e. The van der Waals surface area contributed by atoms with Crippen LogP contribution in [0.25, 0.3) is 0 Å². The first kappa shape index (κ1) is 18.5. The molecule has 0 aromatic carbocycles. The van der Waals surface area contributed by atoms with Gasteiger partial charge in [-0.15, -0.1) is 0 Å². The summed E-state index contributed by atoms with van der Waals surface area (Å²) in [7, 11) is 0. The van der Waals surface area contributed by atoms with Gasteiger partial charge in [-0.3, -0.25) is 4.79 Å². The fourth-order valence-corrected chi connectivity index (χ4v) is 2.35. The number of aliphatic carboxylic acids is 1. The lowest BCUT2D eigenvalue weighted by molar-refractivity contribution is -0.143. The van der Waals surface area contributed by atoms with Gasteiger partial charge in [-0.05, 0) is 25.7 Å². The molecule has 1 saturated carbocycles. The molecule has 0 aromatic rings. The lowest BCUT2D eigenvalue weighted by Crippen LogP contribution is -2.26. The lowest BCUT2D eigenvalue weighted by atomic mass is 9.78. The first-order valence-corrected chi connectivity index (χ1v) is 6.33. The summed E-state index contributed by atoms with van der Waals surface area (Å²) in [4.78, 5) is 21.9. The van der Waals surface area contributed by atoms with E-state index in [1.807, 2.05) is 20.8 Å². The number of carbonyl (C=O) groups is 2. The first-order chi connectivity index (χ1) is 7.63. The van der Waals surface area contributed by atoms with Crippen molar-refractivity contribution in [3.63, 3.8) is 0 Å². The Labute approximate surface area is 106 Å². The van der Waals surface area contributed by atoms with E-state index in [2.05, 4.69) is 0 Å². The van der Waals surface area contributed by atoms with Crippen LogP contribution in [0.3, 0.4) is 0 Å². The van der Waals surface area contributed by atoms with Crippen molar-refractivity contribution in [2.24, 2.45) is 11.3 Å². The van der Waals surface area contributed by atoms with Gasteiger partial charge < -0.3 is 9.90 Å². The SMILES string of the molecule is C.CC.CCC(CC1(C=O)CCCC1)C(=O)O. The molecule has 3 nitrogen and oxygen atoms in total. The van der Waals surface area contributed by atoms with Crippen LogP contribution in [0.2, 0.25) is 0 Å². The first-order valence-electron chi connectivity index (χ1n) is 6.33. The molecule has 1 aliphatic rings. The molecule has 0 aromatic heterocycles. The fraction of sp³-hybridized carbons (Fsp3) is 0.857. The molecule has 0 heterocycles. The van der Waals surface area contributed by atoms with Gasteiger partial charge in [0.2, 0.25) is 0 Å². The van der Waals surface area contributed by atoms with E-state index < -0.39 is 5.97 Å². The van der Waals surface area contributed by atoms with E-state index in [0.29, 0.717) is 12.8 Å². The molecule has 1 rings (SSSR count). The van der Waals surface area contributed by atoms with Crippen molar-refractivity contribution in [3.8, 4) is 0 Å². The molecule has 1 aliphatic carbocycles. The van der Waals surface area contributed by atoms with E-state index in [4.69, 9.17) is 5.11 Å². The van der Waals surface area contributed by atoms with Crippen LogP contribution in [0.5, 0.6) is 0 Å². The van der Waals surface area contributed by atoms with E-state index in [1.54, 1.807) is 0 Å². The standard InChI is InChI=1S/C11H18O3.C2H6.CH4/c1-2-9(10(13)14)7-11(8-12)5-3-4-6-11;1-2;/h8-9H,2-7H2,1H3,(H,13,14);1-2H3;1H4. The van der Waals surface area contributed by atoms with Crippen molar-refractivity contribution in [2.75, 3.05) is 0 Å². The molecule has 3 heteroatoms. The molecule has 0 amide bonds. The summed E-state index contributed by atoms with van der Waals surface area (Å²) in [6, 6.07) is 0. The molecule has 0 aliphatic heterocycles. The lowest BCUT2D eigenvalue weighted by Gasteiger charge is -2.24. The van der Waals surface area contributed by atoms with Crippen LogP contribution in [-0.4, -0.2) is 17.4 Å². The Kier molecular flexibility index (Phi) is 10.0. The van der Waals surface area contributed by atoms with Crippen molar-refractivity contribution >= 4 is 12.3 Å². The van der Waals surface area contributed by atoms with Crippen LogP contribution in [0.15, 0.2) is 0 Å². The monoisotopic (exact) mass is 244 g/mol. The molecule has 0 bridgehead atoms. The Morgan fingerprint density at radius 3 is 2.12 bits per heavy atom. The van der Waals surface area contributed by atoms with Crippen LogP contribution < -0.4 is 0 Å². The molecule has 0 radical (unpaired) electrons. The predicted molar refractivity (Wildman–Crippen MR) is 71.1 cm³/mol. The zero-order valence-electron chi connectivity index (χ0n) is 10.7. The van der Waals surface area contributed by atoms with E-state index in [-0.39, 0.29) is 18.8 Å². The van der Waals surface area contributed by atoms with Gasteiger partial charge in [-0.25, -0.2) is 0 Å². The summed E-state index contributed by atoms with van der Waals surface area (Å²) in [6.45, 7) is 5.87. The van der Waals surface area contributed by atoms with Gasteiger partial charge in [-0.1, -0.05) is 41.0 Å². The molecule has 0 saturated heterocycles. The van der Waals surface area contributed by atoms with Crippen LogP contribution in [0.4, 0.5) is 0 Å². The van der Waals surface area contributed by atoms with Gasteiger partial charge in [0.25, 0.3) is 0 Å². The Morgan fingerprint density at radius 2 is 1.82 bits per heavy atom. The molecule has 1 fully saturated rings. The van der Waals surface area contributed by atoms with Crippen LogP contribution >= 0.6 is 0 Å². The number of aldehydes is 1. The third-order valence-corrected chi connectivity index (χ3v) is 3.34. The second kappa shape index (κ2) is 9.20. The highest BCUT2D eigenvalue weighted by atomic mass is 16.4. The number of carboxylic acid groups (broad SMARTS) is 1. The van der Waals surface area contributed by atoms with E-state index in [9.17, 15) is 9.59 Å². The summed E-state index contributed by atoms with van der Waals surface area (Å²) in [6.07, 6.45) is 6.02. The number of rotatable bonds is 5. The Balaban J connectivity index is 0. The highest BCUT2D eigenvalue weighted by Crippen LogP contribution is 2.41. The van der Waals surface area contributed by atoms with Gasteiger partial charge in [0.05, 0.1) is 5.92 Å². The average molecular weight is 244 g/mol. The van der Waals surface area contributed by atoms with Gasteiger partial charge in [0.1, 0.15) is 6.29 Å². The number of hydrogen-bond acceptors (Lipinski definition) is 2. The van der Waals surface area contributed by atoms with Crippen LogP contribution in [-0.2, 0) is 9.59 Å². The summed E-state index contributed by atoms with van der Waals surface area (Å²) < 4.78 is 0. The minimum atomic E-state index is -0.763. The zero-order valence-corrected chi connectivity index (χ0v) is 10.7. The van der Waals surface area contributed by atoms with Crippen molar-refractivity contribution in [2.45, 2.75) is 66.7 Å². The second-order valence-corrected chi connectivity index (χ2v) is 4.33. The van der Waals surface area contributed by atoms with Crippen LogP contribution in [0, 0.1) is 11.3 Å². The topological polar surface area (TPSA) is 54.4 Å².